The fourth-order valence-corrected chi connectivity index (χ4v) is 5.05. The first-order chi connectivity index (χ1) is 13.8. The summed E-state index contributed by atoms with van der Waals surface area (Å²) in [6.07, 6.45) is 7.16. The molecule has 2 heterocycles. The fourth-order valence-electron chi connectivity index (χ4n) is 4.09. The number of carbonyl (C=O) groups excluding carboxylic acids is 1. The second-order valence-electron chi connectivity index (χ2n) is 8.19. The summed E-state index contributed by atoms with van der Waals surface area (Å²) in [4.78, 5) is 17.3. The molecule has 29 heavy (non-hydrogen) atoms. The number of amides is 1. The van der Waals surface area contributed by atoms with Crippen molar-refractivity contribution in [1.82, 2.24) is 14.8 Å². The van der Waals surface area contributed by atoms with Crippen LogP contribution in [0, 0.1) is 6.92 Å². The third-order valence-electron chi connectivity index (χ3n) is 5.73. The molecule has 150 valence electrons. The summed E-state index contributed by atoms with van der Waals surface area (Å²) in [7, 11) is -3.32. The predicted octanol–water partition coefficient (Wildman–Crippen LogP) is 3.12. The maximum atomic E-state index is 12.3. The van der Waals surface area contributed by atoms with E-state index < -0.39 is 15.7 Å². The van der Waals surface area contributed by atoms with E-state index in [1.54, 1.807) is 19.1 Å². The number of fused-ring (bicyclic) bond motifs is 1. The standard InChI is InChI=1S/C21H22N4O3S/c1-11-9-13(5-8-16(11)29(2,27)28)17-18-15(10-23-19(17)12-3-4-12)25(14-6-7-14)24-20(18)21(22)26/h5,8-10,12,14H,3-4,6-7H2,1-2H3,(H2,22,26). The monoisotopic (exact) mass is 410 g/mol. The molecule has 0 unspecified atom stereocenters. The molecule has 2 aliphatic rings. The molecular weight excluding hydrogens is 388 g/mol. The van der Waals surface area contributed by atoms with Crippen molar-refractivity contribution in [3.05, 3.63) is 41.3 Å². The highest BCUT2D eigenvalue weighted by Crippen LogP contribution is 2.47. The van der Waals surface area contributed by atoms with Crippen LogP contribution in [-0.4, -0.2) is 35.3 Å². The second-order valence-corrected chi connectivity index (χ2v) is 10.2. The molecule has 0 bridgehead atoms. The number of pyridine rings is 1. The first kappa shape index (κ1) is 18.3. The van der Waals surface area contributed by atoms with Crippen LogP contribution in [0.5, 0.6) is 0 Å². The van der Waals surface area contributed by atoms with Gasteiger partial charge in [-0.25, -0.2) is 8.42 Å². The van der Waals surface area contributed by atoms with E-state index in [1.807, 2.05) is 16.9 Å². The summed E-state index contributed by atoms with van der Waals surface area (Å²) >= 11 is 0. The number of sulfone groups is 1. The van der Waals surface area contributed by atoms with Gasteiger partial charge in [-0.15, -0.1) is 0 Å². The van der Waals surface area contributed by atoms with Crippen LogP contribution in [0.3, 0.4) is 0 Å². The Bertz CT molecular complexity index is 1280. The molecule has 0 spiro atoms. The van der Waals surface area contributed by atoms with Crippen molar-refractivity contribution in [3.8, 4) is 11.1 Å². The highest BCUT2D eigenvalue weighted by atomic mass is 32.2. The largest absolute Gasteiger partial charge is 0.364 e. The van der Waals surface area contributed by atoms with Gasteiger partial charge in [-0.2, -0.15) is 5.10 Å². The van der Waals surface area contributed by atoms with E-state index in [2.05, 4.69) is 5.10 Å². The summed E-state index contributed by atoms with van der Waals surface area (Å²) in [5, 5.41) is 5.27. The zero-order valence-corrected chi connectivity index (χ0v) is 17.2. The number of aromatic nitrogens is 3. The zero-order chi connectivity index (χ0) is 20.5. The number of nitrogens with zero attached hydrogens (tertiary/aromatic N) is 3. The highest BCUT2D eigenvalue weighted by molar-refractivity contribution is 7.90. The lowest BCUT2D eigenvalue weighted by Crippen LogP contribution is -2.13. The summed E-state index contributed by atoms with van der Waals surface area (Å²) in [5.74, 6) is -0.220. The first-order valence-electron chi connectivity index (χ1n) is 9.77. The van der Waals surface area contributed by atoms with Gasteiger partial charge in [-0.3, -0.25) is 14.5 Å². The molecule has 0 radical (unpaired) electrons. The molecule has 2 saturated carbocycles. The third-order valence-corrected chi connectivity index (χ3v) is 6.99. The van der Waals surface area contributed by atoms with Crippen LogP contribution in [0.4, 0.5) is 0 Å². The smallest absolute Gasteiger partial charge is 0.269 e. The van der Waals surface area contributed by atoms with E-state index in [-0.39, 0.29) is 11.7 Å². The van der Waals surface area contributed by atoms with Crippen molar-refractivity contribution in [2.75, 3.05) is 6.26 Å². The van der Waals surface area contributed by atoms with E-state index in [1.165, 1.54) is 6.26 Å². The molecule has 2 N–H and O–H groups in total. The van der Waals surface area contributed by atoms with E-state index in [0.717, 1.165) is 53.4 Å². The predicted molar refractivity (Wildman–Crippen MR) is 110 cm³/mol. The Balaban J connectivity index is 1.83. The maximum Gasteiger partial charge on any atom is 0.269 e. The van der Waals surface area contributed by atoms with Crippen molar-refractivity contribution in [2.24, 2.45) is 5.73 Å². The second kappa shape index (κ2) is 6.13. The minimum Gasteiger partial charge on any atom is -0.364 e. The van der Waals surface area contributed by atoms with E-state index in [0.29, 0.717) is 16.4 Å². The molecule has 2 aliphatic carbocycles. The number of rotatable bonds is 5. The highest BCUT2D eigenvalue weighted by Gasteiger charge is 2.34. The van der Waals surface area contributed by atoms with E-state index in [4.69, 9.17) is 10.7 Å². The van der Waals surface area contributed by atoms with Gasteiger partial charge in [-0.1, -0.05) is 12.1 Å². The molecule has 2 aromatic heterocycles. The van der Waals surface area contributed by atoms with E-state index in [9.17, 15) is 13.2 Å². The van der Waals surface area contributed by atoms with Gasteiger partial charge in [0.2, 0.25) is 0 Å². The van der Waals surface area contributed by atoms with Crippen LogP contribution in [0.25, 0.3) is 22.0 Å². The topological polar surface area (TPSA) is 108 Å². The Morgan fingerprint density at radius 2 is 1.93 bits per heavy atom. The van der Waals surface area contributed by atoms with Gasteiger partial charge >= 0.3 is 0 Å². The SMILES string of the molecule is Cc1cc(-c2c(C3CC3)ncc3c2c(C(N)=O)nn3C2CC2)ccc1S(C)(=O)=O. The van der Waals surface area contributed by atoms with Crippen molar-refractivity contribution >= 4 is 26.6 Å². The minimum atomic E-state index is -3.32. The Labute approximate surface area is 168 Å². The molecule has 0 atom stereocenters. The summed E-state index contributed by atoms with van der Waals surface area (Å²) in [5.41, 5.74) is 10.1. The molecule has 7 nitrogen and oxygen atoms in total. The van der Waals surface area contributed by atoms with Gasteiger partial charge in [-0.05, 0) is 49.8 Å². The average molecular weight is 410 g/mol. The molecule has 1 amide bonds. The normalized spacial score (nSPS) is 17.0. The Hall–Kier alpha value is -2.74. The van der Waals surface area contributed by atoms with Crippen molar-refractivity contribution in [2.45, 2.75) is 49.5 Å². The van der Waals surface area contributed by atoms with Crippen LogP contribution in [-0.2, 0) is 9.84 Å². The molecule has 0 aliphatic heterocycles. The summed E-state index contributed by atoms with van der Waals surface area (Å²) in [6, 6.07) is 5.56. The Kier molecular flexibility index (Phi) is 3.87. The van der Waals surface area contributed by atoms with Crippen LogP contribution >= 0.6 is 0 Å². The molecule has 3 aromatic rings. The fraction of sp³-hybridized carbons (Fsp3) is 0.381. The molecule has 8 heteroatoms. The van der Waals surface area contributed by atoms with E-state index >= 15 is 0 Å². The van der Waals surface area contributed by atoms with Crippen LogP contribution in [0.15, 0.2) is 29.3 Å². The van der Waals surface area contributed by atoms with Gasteiger partial charge in [0.05, 0.1) is 28.3 Å². The average Bonchev–Trinajstić information content (AvgIpc) is 3.56. The van der Waals surface area contributed by atoms with Gasteiger partial charge in [0.1, 0.15) is 0 Å². The van der Waals surface area contributed by atoms with Crippen LogP contribution in [0.2, 0.25) is 0 Å². The van der Waals surface area contributed by atoms with Crippen molar-refractivity contribution in [3.63, 3.8) is 0 Å². The lowest BCUT2D eigenvalue weighted by molar-refractivity contribution is 0.0996. The summed E-state index contributed by atoms with van der Waals surface area (Å²) < 4.78 is 26.0. The number of benzene rings is 1. The van der Waals surface area contributed by atoms with Crippen molar-refractivity contribution in [1.29, 1.82) is 0 Å². The van der Waals surface area contributed by atoms with Gasteiger partial charge in [0.25, 0.3) is 5.91 Å². The number of aryl methyl sites for hydroxylation is 1. The Morgan fingerprint density at radius 3 is 2.48 bits per heavy atom. The van der Waals surface area contributed by atoms with Crippen molar-refractivity contribution < 1.29 is 13.2 Å². The number of carbonyl (C=O) groups is 1. The molecular formula is C21H22N4O3S. The van der Waals surface area contributed by atoms with Gasteiger partial charge in [0.15, 0.2) is 15.5 Å². The quantitative estimate of drug-likeness (QED) is 0.695. The molecule has 1 aromatic carbocycles. The third kappa shape index (κ3) is 3.02. The number of nitrogens with two attached hydrogens (primary N) is 1. The van der Waals surface area contributed by atoms with Gasteiger partial charge < -0.3 is 5.73 Å². The molecule has 0 saturated heterocycles. The Morgan fingerprint density at radius 1 is 1.21 bits per heavy atom. The summed E-state index contributed by atoms with van der Waals surface area (Å²) in [6.45, 7) is 1.78. The number of primary amides is 1. The number of hydrogen-bond acceptors (Lipinski definition) is 5. The first-order valence-corrected chi connectivity index (χ1v) is 11.7. The lowest BCUT2D eigenvalue weighted by atomic mass is 9.95. The molecule has 2 fully saturated rings. The van der Waals surface area contributed by atoms with Crippen LogP contribution in [0.1, 0.15) is 59.4 Å². The number of hydrogen-bond donors (Lipinski definition) is 1. The van der Waals surface area contributed by atoms with Crippen LogP contribution < -0.4 is 5.73 Å². The minimum absolute atomic E-state index is 0.260. The maximum absolute atomic E-state index is 12.3. The van der Waals surface area contributed by atoms with Gasteiger partial charge in [0, 0.05) is 23.1 Å². The lowest BCUT2D eigenvalue weighted by Gasteiger charge is -2.13. The molecule has 5 rings (SSSR count). The zero-order valence-electron chi connectivity index (χ0n) is 16.3.